The van der Waals surface area contributed by atoms with Crippen molar-refractivity contribution in [3.8, 4) is 0 Å². The van der Waals surface area contributed by atoms with E-state index in [1.54, 1.807) is 12.1 Å². The lowest BCUT2D eigenvalue weighted by Crippen LogP contribution is -2.35. The molecule has 138 valence electrons. The summed E-state index contributed by atoms with van der Waals surface area (Å²) in [6.45, 7) is 1.04. The Bertz CT molecular complexity index is 929. The van der Waals surface area contributed by atoms with E-state index in [1.165, 1.54) is 28.7 Å². The van der Waals surface area contributed by atoms with Crippen LogP contribution in [0.4, 0.5) is 5.69 Å². The molecule has 1 aromatic heterocycles. The molecule has 0 aliphatic carbocycles. The SMILES string of the molecule is O=C(Nc1cccc(S(=O)(=O)N2CCCCC2)c1)c1cnc(Cl)c(Cl)c1. The van der Waals surface area contributed by atoms with Gasteiger partial charge >= 0.3 is 0 Å². The second-order valence-electron chi connectivity index (χ2n) is 5.94. The fourth-order valence-corrected chi connectivity index (χ4v) is 4.57. The third kappa shape index (κ3) is 4.17. The zero-order valence-corrected chi connectivity index (χ0v) is 16.1. The Hall–Kier alpha value is -1.67. The maximum absolute atomic E-state index is 12.7. The Morgan fingerprint density at radius 3 is 2.54 bits per heavy atom. The van der Waals surface area contributed by atoms with E-state index < -0.39 is 15.9 Å². The largest absolute Gasteiger partial charge is 0.322 e. The van der Waals surface area contributed by atoms with Gasteiger partial charge in [-0.1, -0.05) is 35.7 Å². The van der Waals surface area contributed by atoms with Gasteiger partial charge in [0.25, 0.3) is 5.91 Å². The van der Waals surface area contributed by atoms with E-state index >= 15 is 0 Å². The molecule has 1 amide bonds. The summed E-state index contributed by atoms with van der Waals surface area (Å²) in [7, 11) is -3.57. The van der Waals surface area contributed by atoms with Crippen LogP contribution in [0.25, 0.3) is 0 Å². The van der Waals surface area contributed by atoms with Gasteiger partial charge in [0, 0.05) is 25.0 Å². The molecule has 9 heteroatoms. The molecule has 0 atom stereocenters. The molecule has 0 radical (unpaired) electrons. The van der Waals surface area contributed by atoms with E-state index in [0.29, 0.717) is 18.8 Å². The highest BCUT2D eigenvalue weighted by molar-refractivity contribution is 7.89. The average molecular weight is 414 g/mol. The third-order valence-electron chi connectivity index (χ3n) is 4.10. The first-order valence-corrected chi connectivity index (χ1v) is 10.3. The number of aromatic nitrogens is 1. The first-order chi connectivity index (χ1) is 12.4. The minimum Gasteiger partial charge on any atom is -0.322 e. The van der Waals surface area contributed by atoms with Crippen molar-refractivity contribution in [3.05, 3.63) is 52.3 Å². The van der Waals surface area contributed by atoms with Gasteiger partial charge in [0.15, 0.2) is 0 Å². The van der Waals surface area contributed by atoms with Gasteiger partial charge in [-0.3, -0.25) is 4.79 Å². The van der Waals surface area contributed by atoms with E-state index in [4.69, 9.17) is 23.2 Å². The quantitative estimate of drug-likeness (QED) is 0.772. The predicted octanol–water partition coefficient (Wildman–Crippen LogP) is 3.82. The van der Waals surface area contributed by atoms with Crippen LogP contribution in [-0.4, -0.2) is 36.7 Å². The van der Waals surface area contributed by atoms with Gasteiger partial charge in [0.2, 0.25) is 10.0 Å². The van der Waals surface area contributed by atoms with Crippen molar-refractivity contribution in [2.45, 2.75) is 24.2 Å². The van der Waals surface area contributed by atoms with Crippen molar-refractivity contribution in [2.24, 2.45) is 0 Å². The Kier molecular flexibility index (Phi) is 5.82. The topological polar surface area (TPSA) is 79.4 Å². The number of amides is 1. The van der Waals surface area contributed by atoms with Gasteiger partial charge in [0.1, 0.15) is 5.15 Å². The molecule has 6 nitrogen and oxygen atoms in total. The van der Waals surface area contributed by atoms with Crippen molar-refractivity contribution >= 4 is 44.8 Å². The Morgan fingerprint density at radius 2 is 1.85 bits per heavy atom. The second kappa shape index (κ2) is 7.92. The van der Waals surface area contributed by atoms with Gasteiger partial charge in [-0.05, 0) is 37.1 Å². The van der Waals surface area contributed by atoms with E-state index in [0.717, 1.165) is 19.3 Å². The Balaban J connectivity index is 1.80. The highest BCUT2D eigenvalue weighted by Crippen LogP contribution is 2.24. The van der Waals surface area contributed by atoms with Crippen molar-refractivity contribution < 1.29 is 13.2 Å². The van der Waals surface area contributed by atoms with Crippen molar-refractivity contribution in [1.29, 1.82) is 0 Å². The van der Waals surface area contributed by atoms with E-state index in [1.807, 2.05) is 0 Å². The molecule has 1 N–H and O–H groups in total. The van der Waals surface area contributed by atoms with E-state index in [-0.39, 0.29) is 20.6 Å². The molecule has 2 heterocycles. The van der Waals surface area contributed by atoms with Gasteiger partial charge in [-0.2, -0.15) is 4.31 Å². The van der Waals surface area contributed by atoms with E-state index in [9.17, 15) is 13.2 Å². The molecule has 0 saturated carbocycles. The number of rotatable bonds is 4. The first-order valence-electron chi connectivity index (χ1n) is 8.10. The summed E-state index contributed by atoms with van der Waals surface area (Å²) in [6.07, 6.45) is 4.07. The zero-order valence-electron chi connectivity index (χ0n) is 13.8. The Morgan fingerprint density at radius 1 is 1.12 bits per heavy atom. The van der Waals surface area contributed by atoms with Crippen LogP contribution in [0.5, 0.6) is 0 Å². The van der Waals surface area contributed by atoms with Crippen LogP contribution in [0.1, 0.15) is 29.6 Å². The number of pyridine rings is 1. The number of nitrogens with zero attached hydrogens (tertiary/aromatic N) is 2. The molecule has 26 heavy (non-hydrogen) atoms. The first kappa shape index (κ1) is 19.1. The molecule has 1 fully saturated rings. The Labute approximate surface area is 162 Å². The van der Waals surface area contributed by atoms with Crippen LogP contribution >= 0.6 is 23.2 Å². The molecule has 1 aliphatic heterocycles. The number of carbonyl (C=O) groups excluding carboxylic acids is 1. The van der Waals surface area contributed by atoms with E-state index in [2.05, 4.69) is 10.3 Å². The average Bonchev–Trinajstić information content (AvgIpc) is 2.65. The molecule has 0 spiro atoms. The number of sulfonamides is 1. The normalized spacial score (nSPS) is 15.6. The fourth-order valence-electron chi connectivity index (χ4n) is 2.74. The van der Waals surface area contributed by atoms with Crippen LogP contribution in [0.2, 0.25) is 10.2 Å². The van der Waals surface area contributed by atoms with Gasteiger partial charge in [-0.15, -0.1) is 0 Å². The molecule has 2 aromatic rings. The second-order valence-corrected chi connectivity index (χ2v) is 8.65. The van der Waals surface area contributed by atoms with Crippen molar-refractivity contribution in [3.63, 3.8) is 0 Å². The summed E-state index contributed by atoms with van der Waals surface area (Å²) >= 11 is 11.6. The molecule has 1 aliphatic rings. The molecule has 3 rings (SSSR count). The number of anilines is 1. The molecular formula is C17H17Cl2N3O3S. The smallest absolute Gasteiger partial charge is 0.257 e. The zero-order chi connectivity index (χ0) is 18.7. The predicted molar refractivity (Wildman–Crippen MR) is 101 cm³/mol. The highest BCUT2D eigenvalue weighted by Gasteiger charge is 2.26. The maximum Gasteiger partial charge on any atom is 0.257 e. The minimum atomic E-state index is -3.57. The number of hydrogen-bond donors (Lipinski definition) is 1. The molecule has 1 saturated heterocycles. The molecule has 1 aromatic carbocycles. The number of piperidine rings is 1. The van der Waals surface area contributed by atoms with Gasteiger partial charge in [0.05, 0.1) is 15.5 Å². The summed E-state index contributed by atoms with van der Waals surface area (Å²) < 4.78 is 27.0. The minimum absolute atomic E-state index is 0.109. The lowest BCUT2D eigenvalue weighted by Gasteiger charge is -2.26. The van der Waals surface area contributed by atoms with Crippen molar-refractivity contribution in [2.75, 3.05) is 18.4 Å². The van der Waals surface area contributed by atoms with Crippen LogP contribution in [0.3, 0.4) is 0 Å². The van der Waals surface area contributed by atoms with Crippen molar-refractivity contribution in [1.82, 2.24) is 9.29 Å². The molecular weight excluding hydrogens is 397 g/mol. The summed E-state index contributed by atoms with van der Waals surface area (Å²) in [5, 5.41) is 2.93. The van der Waals surface area contributed by atoms with Crippen LogP contribution in [-0.2, 0) is 10.0 Å². The number of hydrogen-bond acceptors (Lipinski definition) is 4. The summed E-state index contributed by atoms with van der Waals surface area (Å²) in [6, 6.07) is 7.60. The standard InChI is InChI=1S/C17H17Cl2N3O3S/c18-15-9-12(11-20-16(15)19)17(23)21-13-5-4-6-14(10-13)26(24,25)22-7-2-1-3-8-22/h4-6,9-11H,1-3,7-8H2,(H,21,23). The maximum atomic E-state index is 12.7. The molecule has 0 bridgehead atoms. The summed E-state index contributed by atoms with van der Waals surface area (Å²) in [5.41, 5.74) is 0.600. The van der Waals surface area contributed by atoms with Crippen LogP contribution < -0.4 is 5.32 Å². The lowest BCUT2D eigenvalue weighted by molar-refractivity contribution is 0.102. The van der Waals surface area contributed by atoms with Gasteiger partial charge in [-0.25, -0.2) is 13.4 Å². The third-order valence-corrected chi connectivity index (χ3v) is 6.68. The lowest BCUT2D eigenvalue weighted by atomic mass is 10.2. The van der Waals surface area contributed by atoms with Gasteiger partial charge < -0.3 is 5.32 Å². The summed E-state index contributed by atoms with van der Waals surface area (Å²) in [4.78, 5) is 16.3. The monoisotopic (exact) mass is 413 g/mol. The number of carbonyl (C=O) groups is 1. The van der Waals surface area contributed by atoms with Crippen LogP contribution in [0, 0.1) is 0 Å². The van der Waals surface area contributed by atoms with Crippen LogP contribution in [0.15, 0.2) is 41.4 Å². The number of halogens is 2. The number of nitrogens with one attached hydrogen (secondary N) is 1. The summed E-state index contributed by atoms with van der Waals surface area (Å²) in [5.74, 6) is -0.455. The number of benzene rings is 1. The highest BCUT2D eigenvalue weighted by atomic mass is 35.5. The molecule has 0 unspecified atom stereocenters. The fraction of sp³-hybridized carbons (Fsp3) is 0.294.